The lowest BCUT2D eigenvalue weighted by Gasteiger charge is -2.12. The number of hydrogen-bond donors (Lipinski definition) is 2. The monoisotopic (exact) mass is 248 g/mol. The van der Waals surface area contributed by atoms with Crippen molar-refractivity contribution in [3.05, 3.63) is 18.5 Å². The molecule has 0 bridgehead atoms. The number of pyridine rings is 1. The van der Waals surface area contributed by atoms with Gasteiger partial charge in [-0.25, -0.2) is 9.78 Å². The molecule has 3 N–H and O–H groups in total. The van der Waals surface area contributed by atoms with Crippen molar-refractivity contribution in [1.29, 1.82) is 0 Å². The van der Waals surface area contributed by atoms with Crippen LogP contribution in [0.15, 0.2) is 18.5 Å². The Kier molecular flexibility index (Phi) is 3.31. The summed E-state index contributed by atoms with van der Waals surface area (Å²) in [7, 11) is 3.39. The fourth-order valence-corrected chi connectivity index (χ4v) is 1.67. The van der Waals surface area contributed by atoms with Gasteiger partial charge in [0.2, 0.25) is 5.95 Å². The number of carbonyl (C=O) groups excluding carboxylic acids is 1. The van der Waals surface area contributed by atoms with Crippen LogP contribution < -0.4 is 11.1 Å². The van der Waals surface area contributed by atoms with Crippen molar-refractivity contribution in [3.63, 3.8) is 0 Å². The Morgan fingerprint density at radius 1 is 1.56 bits per heavy atom. The van der Waals surface area contributed by atoms with Gasteiger partial charge in [-0.05, 0) is 6.07 Å². The molecule has 96 valence electrons. The zero-order valence-electron chi connectivity index (χ0n) is 10.4. The fraction of sp³-hybridized carbons (Fsp3) is 0.364. The molecule has 2 heterocycles. The minimum absolute atomic E-state index is 0.125. The normalized spacial score (nSPS) is 10.6. The standard InChI is InChI=1S/C11H16N6O/c1-16(2)11(18)14-5-6-17-9-3-4-13-7-8(9)15-10(17)12/h3-4,7H,5-6H2,1-2H3,(H2,12,15)(H,14,18). The first kappa shape index (κ1) is 12.2. The molecular formula is C11H16N6O. The highest BCUT2D eigenvalue weighted by Gasteiger charge is 2.08. The number of nitrogens with one attached hydrogen (secondary N) is 1. The Labute approximate surface area is 105 Å². The Bertz CT molecular complexity index is 562. The highest BCUT2D eigenvalue weighted by atomic mass is 16.2. The van der Waals surface area contributed by atoms with E-state index < -0.39 is 0 Å². The summed E-state index contributed by atoms with van der Waals surface area (Å²) >= 11 is 0. The van der Waals surface area contributed by atoms with E-state index in [0.717, 1.165) is 11.0 Å². The van der Waals surface area contributed by atoms with Crippen LogP contribution in [0.4, 0.5) is 10.7 Å². The molecule has 0 radical (unpaired) electrons. The van der Waals surface area contributed by atoms with Crippen LogP contribution in [0.5, 0.6) is 0 Å². The summed E-state index contributed by atoms with van der Waals surface area (Å²) in [5.74, 6) is 0.428. The predicted molar refractivity (Wildman–Crippen MR) is 69.0 cm³/mol. The quantitative estimate of drug-likeness (QED) is 0.816. The molecule has 2 aromatic rings. The number of aromatic nitrogens is 3. The maximum atomic E-state index is 11.4. The summed E-state index contributed by atoms with van der Waals surface area (Å²) in [5, 5.41) is 2.78. The van der Waals surface area contributed by atoms with Gasteiger partial charge in [-0.2, -0.15) is 0 Å². The lowest BCUT2D eigenvalue weighted by molar-refractivity contribution is 0.217. The van der Waals surface area contributed by atoms with Crippen LogP contribution in [0.25, 0.3) is 11.0 Å². The van der Waals surface area contributed by atoms with Gasteiger partial charge in [-0.3, -0.25) is 4.98 Å². The molecule has 7 heteroatoms. The smallest absolute Gasteiger partial charge is 0.316 e. The second-order valence-corrected chi connectivity index (χ2v) is 4.11. The molecule has 0 atom stereocenters. The lowest BCUT2D eigenvalue weighted by Crippen LogP contribution is -2.36. The molecule has 0 aromatic carbocycles. The van der Waals surface area contributed by atoms with Crippen LogP contribution in [0, 0.1) is 0 Å². The van der Waals surface area contributed by atoms with E-state index >= 15 is 0 Å². The second kappa shape index (κ2) is 4.91. The molecule has 0 aliphatic rings. The molecule has 7 nitrogen and oxygen atoms in total. The Balaban J connectivity index is 2.08. The maximum Gasteiger partial charge on any atom is 0.316 e. The number of amides is 2. The molecule has 0 unspecified atom stereocenters. The molecule has 0 aliphatic heterocycles. The van der Waals surface area contributed by atoms with E-state index in [0.29, 0.717) is 19.0 Å². The van der Waals surface area contributed by atoms with Crippen molar-refractivity contribution >= 4 is 23.0 Å². The number of anilines is 1. The van der Waals surface area contributed by atoms with Gasteiger partial charge in [0.05, 0.1) is 11.7 Å². The number of nitrogens with zero attached hydrogens (tertiary/aromatic N) is 4. The minimum Gasteiger partial charge on any atom is -0.369 e. The molecule has 2 amide bonds. The van der Waals surface area contributed by atoms with Gasteiger partial charge >= 0.3 is 6.03 Å². The topological polar surface area (TPSA) is 89.1 Å². The molecule has 0 fully saturated rings. The second-order valence-electron chi connectivity index (χ2n) is 4.11. The van der Waals surface area contributed by atoms with Crippen LogP contribution in [0.1, 0.15) is 0 Å². The molecule has 0 aliphatic carbocycles. The molecule has 2 rings (SSSR count). The van der Waals surface area contributed by atoms with Gasteiger partial charge in [0.1, 0.15) is 5.52 Å². The summed E-state index contributed by atoms with van der Waals surface area (Å²) in [4.78, 5) is 21.0. The number of imidazole rings is 1. The van der Waals surface area contributed by atoms with Crippen LogP contribution in [-0.4, -0.2) is 46.1 Å². The maximum absolute atomic E-state index is 11.4. The van der Waals surface area contributed by atoms with Crippen molar-refractivity contribution in [2.45, 2.75) is 6.54 Å². The Morgan fingerprint density at radius 3 is 3.06 bits per heavy atom. The third-order valence-electron chi connectivity index (χ3n) is 2.60. The van der Waals surface area contributed by atoms with Crippen LogP contribution in [0.2, 0.25) is 0 Å². The van der Waals surface area contributed by atoms with Gasteiger partial charge in [-0.1, -0.05) is 0 Å². The summed E-state index contributed by atoms with van der Waals surface area (Å²) < 4.78 is 1.85. The summed E-state index contributed by atoms with van der Waals surface area (Å²) in [5.41, 5.74) is 7.51. The average molecular weight is 248 g/mol. The van der Waals surface area contributed by atoms with E-state index in [9.17, 15) is 4.79 Å². The van der Waals surface area contributed by atoms with Crippen molar-refractivity contribution in [1.82, 2.24) is 24.8 Å². The average Bonchev–Trinajstić information content (AvgIpc) is 2.65. The molecule has 18 heavy (non-hydrogen) atoms. The first-order chi connectivity index (χ1) is 8.59. The summed E-state index contributed by atoms with van der Waals surface area (Å²) in [6.45, 7) is 1.07. The molecule has 0 spiro atoms. The van der Waals surface area contributed by atoms with Gasteiger partial charge in [-0.15, -0.1) is 0 Å². The molecular weight excluding hydrogens is 232 g/mol. The Morgan fingerprint density at radius 2 is 2.33 bits per heavy atom. The zero-order chi connectivity index (χ0) is 13.1. The van der Waals surface area contributed by atoms with Crippen LogP contribution >= 0.6 is 0 Å². The third-order valence-corrected chi connectivity index (χ3v) is 2.60. The van der Waals surface area contributed by atoms with Crippen molar-refractivity contribution in [2.24, 2.45) is 0 Å². The Hall–Kier alpha value is -2.31. The molecule has 0 saturated carbocycles. The van der Waals surface area contributed by atoms with Crippen LogP contribution in [-0.2, 0) is 6.54 Å². The van der Waals surface area contributed by atoms with E-state index in [1.165, 1.54) is 4.90 Å². The number of nitrogens with two attached hydrogens (primary N) is 1. The van der Waals surface area contributed by atoms with Gasteiger partial charge in [0, 0.05) is 33.4 Å². The van der Waals surface area contributed by atoms with E-state index in [4.69, 9.17) is 5.73 Å². The lowest BCUT2D eigenvalue weighted by atomic mass is 10.4. The van der Waals surface area contributed by atoms with E-state index in [2.05, 4.69) is 15.3 Å². The molecule has 0 saturated heterocycles. The van der Waals surface area contributed by atoms with E-state index in [-0.39, 0.29) is 6.03 Å². The van der Waals surface area contributed by atoms with Crippen molar-refractivity contribution in [2.75, 3.05) is 26.4 Å². The van der Waals surface area contributed by atoms with Gasteiger partial charge in [0.25, 0.3) is 0 Å². The fourth-order valence-electron chi connectivity index (χ4n) is 1.67. The number of urea groups is 1. The minimum atomic E-state index is -0.125. The number of fused-ring (bicyclic) bond motifs is 1. The van der Waals surface area contributed by atoms with Gasteiger partial charge < -0.3 is 20.5 Å². The third kappa shape index (κ3) is 2.34. The largest absolute Gasteiger partial charge is 0.369 e. The number of nitrogen functional groups attached to an aromatic ring is 1. The van der Waals surface area contributed by atoms with Crippen LogP contribution in [0.3, 0.4) is 0 Å². The number of hydrogen-bond acceptors (Lipinski definition) is 4. The molecule has 2 aromatic heterocycles. The zero-order valence-corrected chi connectivity index (χ0v) is 10.4. The first-order valence-corrected chi connectivity index (χ1v) is 5.60. The van der Waals surface area contributed by atoms with Crippen molar-refractivity contribution in [3.8, 4) is 0 Å². The van der Waals surface area contributed by atoms with Gasteiger partial charge in [0.15, 0.2) is 0 Å². The number of rotatable bonds is 3. The van der Waals surface area contributed by atoms with Crippen molar-refractivity contribution < 1.29 is 4.79 Å². The van der Waals surface area contributed by atoms with E-state index in [1.54, 1.807) is 26.5 Å². The predicted octanol–water partition coefficient (Wildman–Crippen LogP) is 0.285. The SMILES string of the molecule is CN(C)C(=O)NCCn1c(N)nc2cnccc21. The highest BCUT2D eigenvalue weighted by Crippen LogP contribution is 2.15. The summed E-state index contributed by atoms with van der Waals surface area (Å²) in [6.07, 6.45) is 3.36. The van der Waals surface area contributed by atoms with E-state index in [1.807, 2.05) is 10.6 Å². The number of carbonyl (C=O) groups is 1. The summed E-state index contributed by atoms with van der Waals surface area (Å²) in [6, 6.07) is 1.73. The first-order valence-electron chi connectivity index (χ1n) is 5.60. The highest BCUT2D eigenvalue weighted by molar-refractivity contribution is 5.77.